The summed E-state index contributed by atoms with van der Waals surface area (Å²) in [5.74, 6) is 0.104. The van der Waals surface area contributed by atoms with Gasteiger partial charge in [0, 0.05) is 0 Å². The zero-order chi connectivity index (χ0) is 15.7. The van der Waals surface area contributed by atoms with Gasteiger partial charge in [0.05, 0.1) is 22.9 Å². The first kappa shape index (κ1) is 15.1. The second-order valence-corrected chi connectivity index (χ2v) is 7.96. The van der Waals surface area contributed by atoms with Crippen molar-refractivity contribution in [1.82, 2.24) is 5.32 Å². The Labute approximate surface area is 133 Å². The minimum Gasteiger partial charge on any atom is -0.410 e. The van der Waals surface area contributed by atoms with E-state index >= 15 is 0 Å². The van der Waals surface area contributed by atoms with Crippen molar-refractivity contribution in [3.63, 3.8) is 0 Å². The van der Waals surface area contributed by atoms with Crippen LogP contribution in [0, 0.1) is 0 Å². The normalized spacial score (nSPS) is 23.3. The first-order valence-electron chi connectivity index (χ1n) is 6.75. The van der Waals surface area contributed by atoms with E-state index in [9.17, 15) is 13.2 Å². The van der Waals surface area contributed by atoms with Gasteiger partial charge in [-0.2, -0.15) is 0 Å². The third-order valence-electron chi connectivity index (χ3n) is 3.52. The van der Waals surface area contributed by atoms with Crippen LogP contribution in [0.25, 0.3) is 10.8 Å². The molecule has 2 unspecified atom stereocenters. The average Bonchev–Trinajstić information content (AvgIpc) is 2.71. The van der Waals surface area contributed by atoms with E-state index in [2.05, 4.69) is 5.32 Å². The molecule has 0 spiro atoms. The van der Waals surface area contributed by atoms with E-state index < -0.39 is 27.3 Å². The fourth-order valence-electron chi connectivity index (χ4n) is 2.46. The molecule has 1 saturated heterocycles. The highest BCUT2D eigenvalue weighted by atomic mass is 35.5. The van der Waals surface area contributed by atoms with E-state index in [1.165, 1.54) is 0 Å². The molecule has 1 aliphatic rings. The molecule has 0 aliphatic carbocycles. The maximum atomic E-state index is 11.9. The zero-order valence-corrected chi connectivity index (χ0v) is 13.1. The number of nitrogens with one attached hydrogen (secondary N) is 1. The van der Waals surface area contributed by atoms with Gasteiger partial charge in [0.25, 0.3) is 0 Å². The Hall–Kier alpha value is -1.79. The van der Waals surface area contributed by atoms with Crippen LogP contribution in [0.15, 0.2) is 42.5 Å². The fourth-order valence-corrected chi connectivity index (χ4v) is 5.01. The van der Waals surface area contributed by atoms with Crippen molar-refractivity contribution in [2.75, 3.05) is 11.5 Å². The lowest BCUT2D eigenvalue weighted by Crippen LogP contribution is -2.42. The quantitative estimate of drug-likeness (QED) is 0.852. The lowest BCUT2D eigenvalue weighted by Gasteiger charge is -2.14. The molecular formula is C15H14ClNO4S. The standard InChI is InChI=1S/C15H14ClNO4S/c16-13-8-22(19,20)9-14(13)17-15(18)21-12-6-5-10-3-1-2-4-11(10)7-12/h1-7,13-14H,8-9H2,(H,17,18). The number of alkyl halides is 1. The highest BCUT2D eigenvalue weighted by Gasteiger charge is 2.37. The predicted octanol–water partition coefficient (Wildman–Crippen LogP) is 2.33. The molecule has 1 amide bonds. The lowest BCUT2D eigenvalue weighted by molar-refractivity contribution is 0.197. The fraction of sp³-hybridized carbons (Fsp3) is 0.267. The number of hydrogen-bond donors (Lipinski definition) is 1. The maximum absolute atomic E-state index is 11.9. The molecule has 0 radical (unpaired) electrons. The van der Waals surface area contributed by atoms with Crippen LogP contribution in [0.2, 0.25) is 0 Å². The van der Waals surface area contributed by atoms with E-state index in [0.29, 0.717) is 5.75 Å². The van der Waals surface area contributed by atoms with Crippen LogP contribution in [0.1, 0.15) is 0 Å². The van der Waals surface area contributed by atoms with Crippen molar-refractivity contribution >= 4 is 38.3 Å². The third-order valence-corrected chi connectivity index (χ3v) is 5.89. The average molecular weight is 340 g/mol. The first-order valence-corrected chi connectivity index (χ1v) is 9.00. The molecule has 1 fully saturated rings. The SMILES string of the molecule is O=C(NC1CS(=O)(=O)CC1Cl)Oc1ccc2ccccc2c1. The molecule has 0 bridgehead atoms. The van der Waals surface area contributed by atoms with E-state index in [1.54, 1.807) is 12.1 Å². The number of fused-ring (bicyclic) bond motifs is 1. The van der Waals surface area contributed by atoms with Gasteiger partial charge in [0.1, 0.15) is 5.75 Å². The van der Waals surface area contributed by atoms with Gasteiger partial charge in [-0.15, -0.1) is 11.6 Å². The molecule has 0 saturated carbocycles. The smallest absolute Gasteiger partial charge is 0.410 e. The highest BCUT2D eigenvalue weighted by molar-refractivity contribution is 7.91. The van der Waals surface area contributed by atoms with Crippen molar-refractivity contribution in [2.24, 2.45) is 0 Å². The van der Waals surface area contributed by atoms with E-state index in [1.807, 2.05) is 30.3 Å². The van der Waals surface area contributed by atoms with Crippen LogP contribution in [0.4, 0.5) is 4.79 Å². The van der Waals surface area contributed by atoms with Crippen LogP contribution >= 0.6 is 11.6 Å². The van der Waals surface area contributed by atoms with Crippen molar-refractivity contribution in [3.05, 3.63) is 42.5 Å². The number of sulfone groups is 1. The molecule has 2 aromatic rings. The van der Waals surface area contributed by atoms with E-state index in [-0.39, 0.29) is 11.5 Å². The Balaban J connectivity index is 1.68. The summed E-state index contributed by atoms with van der Waals surface area (Å²) in [4.78, 5) is 11.9. The van der Waals surface area contributed by atoms with Gasteiger partial charge in [-0.3, -0.25) is 0 Å². The molecule has 5 nitrogen and oxygen atoms in total. The summed E-state index contributed by atoms with van der Waals surface area (Å²) in [5.41, 5.74) is 0. The molecular weight excluding hydrogens is 326 g/mol. The van der Waals surface area contributed by atoms with Crippen LogP contribution in [-0.2, 0) is 9.84 Å². The summed E-state index contributed by atoms with van der Waals surface area (Å²) in [6.07, 6.45) is -0.706. The molecule has 3 rings (SSSR count). The Kier molecular flexibility index (Phi) is 3.97. The molecule has 7 heteroatoms. The monoisotopic (exact) mass is 339 g/mol. The summed E-state index contributed by atoms with van der Waals surface area (Å²) in [6.45, 7) is 0. The Morgan fingerprint density at radius 2 is 1.86 bits per heavy atom. The molecule has 1 N–H and O–H groups in total. The van der Waals surface area contributed by atoms with Gasteiger partial charge in [0.15, 0.2) is 9.84 Å². The summed E-state index contributed by atoms with van der Waals surface area (Å²) < 4.78 is 28.1. The second kappa shape index (κ2) is 5.78. The Bertz CT molecular complexity index is 821. The number of carbonyl (C=O) groups is 1. The first-order chi connectivity index (χ1) is 10.4. The van der Waals surface area contributed by atoms with Crippen LogP contribution in [0.3, 0.4) is 0 Å². The Morgan fingerprint density at radius 3 is 2.55 bits per heavy atom. The molecule has 116 valence electrons. The Morgan fingerprint density at radius 1 is 1.14 bits per heavy atom. The lowest BCUT2D eigenvalue weighted by atomic mass is 10.1. The molecule has 22 heavy (non-hydrogen) atoms. The van der Waals surface area contributed by atoms with Crippen LogP contribution in [0.5, 0.6) is 5.75 Å². The number of rotatable bonds is 2. The third kappa shape index (κ3) is 3.34. The van der Waals surface area contributed by atoms with Gasteiger partial charge >= 0.3 is 6.09 Å². The topological polar surface area (TPSA) is 72.5 Å². The van der Waals surface area contributed by atoms with Crippen molar-refractivity contribution in [1.29, 1.82) is 0 Å². The van der Waals surface area contributed by atoms with E-state index in [0.717, 1.165) is 10.8 Å². The number of hydrogen-bond acceptors (Lipinski definition) is 4. The van der Waals surface area contributed by atoms with Gasteiger partial charge < -0.3 is 10.1 Å². The summed E-state index contributed by atoms with van der Waals surface area (Å²) in [5, 5.41) is 3.87. The number of amides is 1. The van der Waals surface area contributed by atoms with Crippen molar-refractivity contribution in [2.45, 2.75) is 11.4 Å². The van der Waals surface area contributed by atoms with Gasteiger partial charge in [-0.25, -0.2) is 13.2 Å². The molecule has 2 atom stereocenters. The van der Waals surface area contributed by atoms with E-state index in [4.69, 9.17) is 16.3 Å². The molecule has 1 aliphatic heterocycles. The number of carbonyl (C=O) groups excluding carboxylic acids is 1. The summed E-state index contributed by atoms with van der Waals surface area (Å²) >= 11 is 5.94. The van der Waals surface area contributed by atoms with Crippen LogP contribution in [-0.4, -0.2) is 37.4 Å². The summed E-state index contributed by atoms with van der Waals surface area (Å²) in [7, 11) is -3.19. The van der Waals surface area contributed by atoms with Crippen molar-refractivity contribution < 1.29 is 17.9 Å². The predicted molar refractivity (Wildman–Crippen MR) is 85.2 cm³/mol. The number of halogens is 1. The zero-order valence-electron chi connectivity index (χ0n) is 11.5. The maximum Gasteiger partial charge on any atom is 0.412 e. The number of benzene rings is 2. The largest absolute Gasteiger partial charge is 0.412 e. The van der Waals surface area contributed by atoms with Gasteiger partial charge in [0.2, 0.25) is 0 Å². The number of ether oxygens (including phenoxy) is 1. The van der Waals surface area contributed by atoms with Gasteiger partial charge in [-0.1, -0.05) is 30.3 Å². The molecule has 2 aromatic carbocycles. The summed E-state index contributed by atoms with van der Waals surface area (Å²) in [6, 6.07) is 12.4. The second-order valence-electron chi connectivity index (χ2n) is 5.24. The molecule has 1 heterocycles. The van der Waals surface area contributed by atoms with Gasteiger partial charge in [-0.05, 0) is 22.9 Å². The minimum atomic E-state index is -3.19. The highest BCUT2D eigenvalue weighted by Crippen LogP contribution is 2.21. The van der Waals surface area contributed by atoms with Crippen LogP contribution < -0.4 is 10.1 Å². The molecule has 0 aromatic heterocycles. The van der Waals surface area contributed by atoms with Crippen molar-refractivity contribution in [3.8, 4) is 5.75 Å². The minimum absolute atomic E-state index is 0.129.